The van der Waals surface area contributed by atoms with Gasteiger partial charge in [-0.25, -0.2) is 36.7 Å². The van der Waals surface area contributed by atoms with Gasteiger partial charge < -0.3 is 16.4 Å². The fraction of sp³-hybridized carbons (Fsp3) is 0.304. The molecule has 2 heterocycles. The monoisotopic (exact) mass is 540 g/mol. The third-order valence-corrected chi connectivity index (χ3v) is 7.63. The van der Waals surface area contributed by atoms with Crippen LogP contribution in [0.3, 0.4) is 0 Å². The van der Waals surface area contributed by atoms with Crippen molar-refractivity contribution in [2.45, 2.75) is 42.6 Å². The average Bonchev–Trinajstić information content (AvgIpc) is 3.23. The maximum atomic E-state index is 15.1. The Labute approximate surface area is 211 Å². The summed E-state index contributed by atoms with van der Waals surface area (Å²) in [6.45, 7) is 5.86. The van der Waals surface area contributed by atoms with E-state index in [0.29, 0.717) is 17.5 Å². The van der Waals surface area contributed by atoms with Gasteiger partial charge in [-0.3, -0.25) is 0 Å². The number of hydrogen-bond acceptors (Lipinski definition) is 7. The standard InChI is InChI=1S/C23H24ClF3N6O2S/c1-21(2,3)23(16-7-9-30-20(28)32-16)31-11-17(33-23)22(24)8-6-14(25)13(10-22)12-4-5-15(26)19(18(12)27)36(29,34)35/h4-7,9-11,31,33H,8H2,1-3H3,(H2,28,30,32)(H2,29,34,35). The van der Waals surface area contributed by atoms with E-state index < -0.39 is 53.9 Å². The van der Waals surface area contributed by atoms with Gasteiger partial charge in [0.2, 0.25) is 16.0 Å². The lowest BCUT2D eigenvalue weighted by molar-refractivity contribution is 0.131. The molecule has 2 atom stereocenters. The SMILES string of the molecule is CC(C)(C)C1(c2ccnc(N)n2)NC=C(C2(Cl)C=C(c3ccc(F)c(S(N)(=O)=O)c3F)C(F)=CC2)N1. The van der Waals surface area contributed by atoms with Crippen LogP contribution in [-0.2, 0) is 15.7 Å². The Bertz CT molecular complexity index is 1450. The van der Waals surface area contributed by atoms with Crippen LogP contribution in [0.5, 0.6) is 0 Å². The van der Waals surface area contributed by atoms with Gasteiger partial charge in [-0.15, -0.1) is 11.6 Å². The average molecular weight is 541 g/mol. The van der Waals surface area contributed by atoms with Gasteiger partial charge in [0.25, 0.3) is 0 Å². The highest BCUT2D eigenvalue weighted by Gasteiger charge is 2.51. The van der Waals surface area contributed by atoms with Crippen molar-refractivity contribution in [2.24, 2.45) is 10.6 Å². The molecule has 2 unspecified atom stereocenters. The van der Waals surface area contributed by atoms with Crippen molar-refractivity contribution in [3.63, 3.8) is 0 Å². The van der Waals surface area contributed by atoms with Gasteiger partial charge in [-0.2, -0.15) is 0 Å². The number of nitrogens with one attached hydrogen (secondary N) is 2. The van der Waals surface area contributed by atoms with Gasteiger partial charge in [0.05, 0.1) is 11.4 Å². The van der Waals surface area contributed by atoms with Crippen LogP contribution >= 0.6 is 11.6 Å². The van der Waals surface area contributed by atoms with Crippen LogP contribution in [0.4, 0.5) is 19.1 Å². The van der Waals surface area contributed by atoms with Crippen LogP contribution in [0.1, 0.15) is 38.4 Å². The number of primary sulfonamides is 1. The molecule has 192 valence electrons. The highest BCUT2D eigenvalue weighted by molar-refractivity contribution is 7.89. The van der Waals surface area contributed by atoms with Crippen molar-refractivity contribution >= 4 is 33.1 Å². The van der Waals surface area contributed by atoms with Crippen LogP contribution < -0.4 is 21.5 Å². The van der Waals surface area contributed by atoms with Crippen LogP contribution in [0.15, 0.2) is 59.2 Å². The molecule has 0 fully saturated rings. The summed E-state index contributed by atoms with van der Waals surface area (Å²) in [4.78, 5) is 5.52. The van der Waals surface area contributed by atoms with Crippen LogP contribution in [-0.4, -0.2) is 23.3 Å². The minimum Gasteiger partial charge on any atom is -0.368 e. The number of nitrogen functional groups attached to an aromatic ring is 1. The van der Waals surface area contributed by atoms with Crippen LogP contribution in [0.2, 0.25) is 0 Å². The molecule has 0 saturated heterocycles. The Kier molecular flexibility index (Phi) is 6.13. The Balaban J connectivity index is 1.80. The Morgan fingerprint density at radius 1 is 1.17 bits per heavy atom. The van der Waals surface area contributed by atoms with Crippen molar-refractivity contribution in [3.05, 3.63) is 77.2 Å². The number of allylic oxidation sites excluding steroid dienone is 4. The molecule has 6 N–H and O–H groups in total. The second-order valence-electron chi connectivity index (χ2n) is 9.59. The molecule has 1 aromatic carbocycles. The normalized spacial score (nSPS) is 24.4. The summed E-state index contributed by atoms with van der Waals surface area (Å²) in [5, 5.41) is 11.6. The summed E-state index contributed by atoms with van der Waals surface area (Å²) in [5.41, 5.74) is 4.39. The smallest absolute Gasteiger partial charge is 0.243 e. The van der Waals surface area contributed by atoms with Crippen molar-refractivity contribution in [2.75, 3.05) is 5.73 Å². The Morgan fingerprint density at radius 3 is 2.47 bits per heavy atom. The molecule has 0 radical (unpaired) electrons. The first kappa shape index (κ1) is 26.0. The molecule has 0 bridgehead atoms. The lowest BCUT2D eigenvalue weighted by atomic mass is 9.78. The summed E-state index contributed by atoms with van der Waals surface area (Å²) in [5.74, 6) is -3.69. The first-order chi connectivity index (χ1) is 16.6. The minimum atomic E-state index is -4.76. The third-order valence-electron chi connectivity index (χ3n) is 6.22. The number of alkyl halides is 1. The van der Waals surface area contributed by atoms with Gasteiger partial charge in [0, 0.05) is 28.9 Å². The molecule has 2 aromatic rings. The lowest BCUT2D eigenvalue weighted by Crippen LogP contribution is -2.57. The molecule has 4 rings (SSSR count). The number of anilines is 1. The minimum absolute atomic E-state index is 0.0264. The van der Waals surface area contributed by atoms with E-state index in [1.54, 1.807) is 12.3 Å². The topological polar surface area (TPSA) is 136 Å². The van der Waals surface area contributed by atoms with E-state index >= 15 is 4.39 Å². The molecule has 1 aliphatic carbocycles. The van der Waals surface area contributed by atoms with Crippen molar-refractivity contribution < 1.29 is 21.6 Å². The van der Waals surface area contributed by atoms with E-state index in [4.69, 9.17) is 22.5 Å². The first-order valence-electron chi connectivity index (χ1n) is 10.7. The van der Waals surface area contributed by atoms with E-state index in [2.05, 4.69) is 20.6 Å². The molecule has 2 aliphatic rings. The van der Waals surface area contributed by atoms with Gasteiger partial charge in [-0.05, 0) is 36.8 Å². The highest BCUT2D eigenvalue weighted by atomic mass is 35.5. The zero-order chi connectivity index (χ0) is 26.7. The molecule has 1 aromatic heterocycles. The summed E-state index contributed by atoms with van der Waals surface area (Å²) in [6.07, 6.45) is 5.49. The zero-order valence-corrected chi connectivity index (χ0v) is 21.1. The second-order valence-corrected chi connectivity index (χ2v) is 11.8. The third kappa shape index (κ3) is 4.22. The predicted molar refractivity (Wildman–Crippen MR) is 130 cm³/mol. The molecule has 0 amide bonds. The second kappa shape index (κ2) is 8.49. The summed E-state index contributed by atoms with van der Waals surface area (Å²) in [7, 11) is -4.76. The maximum absolute atomic E-state index is 15.1. The quantitative estimate of drug-likeness (QED) is 0.435. The first-order valence-corrected chi connectivity index (χ1v) is 12.7. The van der Waals surface area contributed by atoms with E-state index in [1.807, 2.05) is 20.8 Å². The number of nitrogens with zero attached hydrogens (tertiary/aromatic N) is 2. The van der Waals surface area contributed by atoms with Crippen molar-refractivity contribution in [1.29, 1.82) is 0 Å². The van der Waals surface area contributed by atoms with Crippen LogP contribution in [0.25, 0.3) is 5.57 Å². The summed E-state index contributed by atoms with van der Waals surface area (Å²) >= 11 is 6.95. The van der Waals surface area contributed by atoms with E-state index in [1.165, 1.54) is 12.3 Å². The predicted octanol–water partition coefficient (Wildman–Crippen LogP) is 3.54. The Hall–Kier alpha value is -3.09. The molecule has 13 heteroatoms. The molecular formula is C23H24ClF3N6O2S. The van der Waals surface area contributed by atoms with E-state index in [0.717, 1.165) is 12.1 Å². The fourth-order valence-corrected chi connectivity index (χ4v) is 5.28. The molecule has 0 saturated carbocycles. The van der Waals surface area contributed by atoms with E-state index in [-0.39, 0.29) is 17.9 Å². The zero-order valence-electron chi connectivity index (χ0n) is 19.5. The molecule has 36 heavy (non-hydrogen) atoms. The van der Waals surface area contributed by atoms with Gasteiger partial charge >= 0.3 is 0 Å². The molecule has 1 aliphatic heterocycles. The number of hydrogen-bond donors (Lipinski definition) is 4. The summed E-state index contributed by atoms with van der Waals surface area (Å²) < 4.78 is 67.6. The fourth-order valence-electron chi connectivity index (χ4n) is 4.29. The number of halogens is 4. The number of nitrogens with two attached hydrogens (primary N) is 2. The highest BCUT2D eigenvalue weighted by Crippen LogP contribution is 2.47. The van der Waals surface area contributed by atoms with Crippen molar-refractivity contribution in [1.82, 2.24) is 20.6 Å². The number of benzene rings is 1. The van der Waals surface area contributed by atoms with Crippen molar-refractivity contribution in [3.8, 4) is 0 Å². The van der Waals surface area contributed by atoms with Crippen LogP contribution in [0, 0.1) is 17.0 Å². The van der Waals surface area contributed by atoms with E-state index in [9.17, 15) is 17.2 Å². The number of sulfonamides is 1. The maximum Gasteiger partial charge on any atom is 0.243 e. The van der Waals surface area contributed by atoms with Gasteiger partial charge in [-0.1, -0.05) is 20.8 Å². The number of rotatable bonds is 4. The lowest BCUT2D eigenvalue weighted by Gasteiger charge is -2.43. The summed E-state index contributed by atoms with van der Waals surface area (Å²) in [6, 6.07) is 3.32. The molecule has 0 spiro atoms. The number of aromatic nitrogens is 2. The van der Waals surface area contributed by atoms with Gasteiger partial charge in [0.1, 0.15) is 16.5 Å². The Morgan fingerprint density at radius 2 is 1.86 bits per heavy atom. The molecule has 8 nitrogen and oxygen atoms in total. The molecular weight excluding hydrogens is 517 g/mol. The van der Waals surface area contributed by atoms with Gasteiger partial charge in [0.15, 0.2) is 16.4 Å². The largest absolute Gasteiger partial charge is 0.368 e.